The number of halogens is 3. The molecule has 0 atom stereocenters. The Bertz CT molecular complexity index is 559. The summed E-state index contributed by atoms with van der Waals surface area (Å²) >= 11 is 3.02. The van der Waals surface area contributed by atoms with E-state index in [1.807, 2.05) is 0 Å². The number of rotatable bonds is 1. The van der Waals surface area contributed by atoms with Gasteiger partial charge >= 0.3 is 17.8 Å². The van der Waals surface area contributed by atoms with Gasteiger partial charge in [0.2, 0.25) is 0 Å². The quantitative estimate of drug-likeness (QED) is 0.746. The fourth-order valence-corrected chi connectivity index (χ4v) is 2.30. The van der Waals surface area contributed by atoms with Gasteiger partial charge in [0.1, 0.15) is 0 Å². The third kappa shape index (κ3) is 1.61. The van der Waals surface area contributed by atoms with Gasteiger partial charge in [0.15, 0.2) is 0 Å². The topological polar surface area (TPSA) is 46.6 Å². The minimum Gasteiger partial charge on any atom is -0.465 e. The van der Waals surface area contributed by atoms with Crippen molar-refractivity contribution in [3.05, 3.63) is 27.7 Å². The van der Waals surface area contributed by atoms with Crippen LogP contribution in [0.2, 0.25) is 0 Å². The van der Waals surface area contributed by atoms with Gasteiger partial charge in [-0.2, -0.15) is 8.78 Å². The lowest BCUT2D eigenvalue weighted by Gasteiger charge is -2.10. The molecule has 0 saturated heterocycles. The highest BCUT2D eigenvalue weighted by atomic mass is 79.9. The van der Waals surface area contributed by atoms with Crippen molar-refractivity contribution in [1.29, 1.82) is 0 Å². The van der Waals surface area contributed by atoms with E-state index in [0.29, 0.717) is 0 Å². The molecule has 4 nitrogen and oxygen atoms in total. The predicted octanol–water partition coefficient (Wildman–Crippen LogP) is 2.30. The Hall–Kier alpha value is -1.50. The Labute approximate surface area is 110 Å². The van der Waals surface area contributed by atoms with Crippen LogP contribution in [0.15, 0.2) is 16.6 Å². The van der Waals surface area contributed by atoms with Gasteiger partial charge < -0.3 is 9.64 Å². The molecule has 0 aliphatic carbocycles. The molecule has 1 aliphatic rings. The molecule has 0 bridgehead atoms. The first-order chi connectivity index (χ1) is 8.30. The maximum absolute atomic E-state index is 13.6. The third-order valence-electron chi connectivity index (χ3n) is 2.76. The van der Waals surface area contributed by atoms with Crippen molar-refractivity contribution in [2.75, 3.05) is 19.1 Å². The smallest absolute Gasteiger partial charge is 0.352 e. The molecule has 1 amide bonds. The van der Waals surface area contributed by atoms with Gasteiger partial charge in [-0.3, -0.25) is 4.79 Å². The van der Waals surface area contributed by atoms with Crippen molar-refractivity contribution in [2.24, 2.45) is 0 Å². The second-order valence-corrected chi connectivity index (χ2v) is 4.63. The van der Waals surface area contributed by atoms with Crippen molar-refractivity contribution >= 4 is 33.5 Å². The van der Waals surface area contributed by atoms with E-state index in [4.69, 9.17) is 0 Å². The fourth-order valence-electron chi connectivity index (χ4n) is 1.79. The summed E-state index contributed by atoms with van der Waals surface area (Å²) in [5, 5.41) is 0. The molecule has 7 heteroatoms. The van der Waals surface area contributed by atoms with Gasteiger partial charge in [0.05, 0.1) is 23.9 Å². The molecule has 96 valence electrons. The number of esters is 1. The van der Waals surface area contributed by atoms with Crippen LogP contribution in [0.3, 0.4) is 0 Å². The molecule has 0 radical (unpaired) electrons. The van der Waals surface area contributed by atoms with E-state index in [9.17, 15) is 18.4 Å². The van der Waals surface area contributed by atoms with E-state index in [-0.39, 0.29) is 15.7 Å². The van der Waals surface area contributed by atoms with Gasteiger partial charge in [-0.25, -0.2) is 4.79 Å². The summed E-state index contributed by atoms with van der Waals surface area (Å²) in [6, 6.07) is 2.28. The summed E-state index contributed by atoms with van der Waals surface area (Å²) in [7, 11) is 2.42. The van der Waals surface area contributed by atoms with Gasteiger partial charge in [-0.1, -0.05) is 0 Å². The van der Waals surface area contributed by atoms with Crippen molar-refractivity contribution in [2.45, 2.75) is 5.92 Å². The van der Waals surface area contributed by atoms with Crippen molar-refractivity contribution in [3.8, 4) is 0 Å². The normalized spacial score (nSPS) is 16.7. The zero-order valence-corrected chi connectivity index (χ0v) is 11.0. The Morgan fingerprint density at radius 2 is 2.06 bits per heavy atom. The van der Waals surface area contributed by atoms with Gasteiger partial charge in [-0.05, 0) is 28.1 Å². The van der Waals surface area contributed by atoms with Crippen LogP contribution in [-0.2, 0) is 15.5 Å². The molecule has 0 N–H and O–H groups in total. The first-order valence-electron chi connectivity index (χ1n) is 4.89. The molecule has 0 aromatic heterocycles. The highest BCUT2D eigenvalue weighted by Gasteiger charge is 2.52. The molecule has 0 unspecified atom stereocenters. The summed E-state index contributed by atoms with van der Waals surface area (Å²) < 4.78 is 32.0. The molecule has 1 aliphatic heterocycles. The number of amides is 1. The van der Waals surface area contributed by atoms with Crippen LogP contribution in [-0.4, -0.2) is 26.0 Å². The average molecular weight is 320 g/mol. The standard InChI is InChI=1S/C11H8BrF2NO3/c1-15-8-3-5(9(16)18-2)7(12)4-6(8)11(13,14)10(15)17/h3-4H,1-2H3. The van der Waals surface area contributed by atoms with Crippen LogP contribution in [0.25, 0.3) is 0 Å². The number of fused-ring (bicyclic) bond motifs is 1. The Morgan fingerprint density at radius 1 is 1.44 bits per heavy atom. The molecule has 1 heterocycles. The Kier molecular flexibility index (Phi) is 2.89. The summed E-state index contributed by atoms with van der Waals surface area (Å²) in [5.41, 5.74) is -0.322. The molecule has 1 aromatic rings. The SMILES string of the molecule is COC(=O)c1cc2c(cc1Br)C(F)(F)C(=O)N2C. The minimum absolute atomic E-state index is 0.00796. The number of nitrogens with zero attached hydrogens (tertiary/aromatic N) is 1. The maximum atomic E-state index is 13.6. The summed E-state index contributed by atoms with van der Waals surface area (Å²) in [5.74, 6) is -5.55. The molecule has 2 rings (SSSR count). The highest BCUT2D eigenvalue weighted by molar-refractivity contribution is 9.10. The van der Waals surface area contributed by atoms with E-state index in [0.717, 1.165) is 11.0 Å². The van der Waals surface area contributed by atoms with Crippen LogP contribution in [0, 0.1) is 0 Å². The van der Waals surface area contributed by atoms with Crippen LogP contribution in [0.4, 0.5) is 14.5 Å². The second kappa shape index (κ2) is 4.01. The number of benzene rings is 1. The van der Waals surface area contributed by atoms with E-state index in [1.165, 1.54) is 20.2 Å². The number of methoxy groups -OCH3 is 1. The van der Waals surface area contributed by atoms with Gasteiger partial charge in [0.25, 0.3) is 0 Å². The maximum Gasteiger partial charge on any atom is 0.352 e. The largest absolute Gasteiger partial charge is 0.465 e. The fraction of sp³-hybridized carbons (Fsp3) is 0.273. The van der Waals surface area contributed by atoms with Crippen molar-refractivity contribution in [3.63, 3.8) is 0 Å². The highest BCUT2D eigenvalue weighted by Crippen LogP contribution is 2.45. The zero-order valence-electron chi connectivity index (χ0n) is 9.46. The van der Waals surface area contributed by atoms with Crippen LogP contribution >= 0.6 is 15.9 Å². The number of carbonyl (C=O) groups is 2. The van der Waals surface area contributed by atoms with Crippen molar-refractivity contribution in [1.82, 2.24) is 0 Å². The number of hydrogen-bond donors (Lipinski definition) is 0. The van der Waals surface area contributed by atoms with Gasteiger partial charge in [0, 0.05) is 11.5 Å². The Morgan fingerprint density at radius 3 is 2.61 bits per heavy atom. The predicted molar refractivity (Wildman–Crippen MR) is 62.8 cm³/mol. The van der Waals surface area contributed by atoms with Crippen LogP contribution in [0.1, 0.15) is 15.9 Å². The van der Waals surface area contributed by atoms with Crippen LogP contribution < -0.4 is 4.90 Å². The van der Waals surface area contributed by atoms with Crippen molar-refractivity contribution < 1.29 is 23.1 Å². The molecule has 1 aromatic carbocycles. The van der Waals surface area contributed by atoms with E-state index in [1.54, 1.807) is 0 Å². The lowest BCUT2D eigenvalue weighted by Crippen LogP contribution is -2.31. The first kappa shape index (κ1) is 12.9. The number of carbonyl (C=O) groups excluding carboxylic acids is 2. The molecular weight excluding hydrogens is 312 g/mol. The molecular formula is C11H8BrF2NO3. The Balaban J connectivity index is 2.66. The third-order valence-corrected chi connectivity index (χ3v) is 3.42. The average Bonchev–Trinajstić information content (AvgIpc) is 2.49. The zero-order chi connectivity index (χ0) is 13.7. The lowest BCUT2D eigenvalue weighted by molar-refractivity contribution is -0.141. The lowest BCUT2D eigenvalue weighted by atomic mass is 10.1. The molecule has 0 spiro atoms. The number of hydrogen-bond acceptors (Lipinski definition) is 3. The van der Waals surface area contributed by atoms with E-state index < -0.39 is 23.4 Å². The number of ether oxygens (including phenoxy) is 1. The molecule has 0 fully saturated rings. The van der Waals surface area contributed by atoms with Gasteiger partial charge in [-0.15, -0.1) is 0 Å². The number of alkyl halides is 2. The summed E-state index contributed by atoms with van der Waals surface area (Å²) in [6.07, 6.45) is 0. The summed E-state index contributed by atoms with van der Waals surface area (Å²) in [6.45, 7) is 0. The monoisotopic (exact) mass is 319 g/mol. The first-order valence-corrected chi connectivity index (χ1v) is 5.68. The minimum atomic E-state index is -3.57. The number of anilines is 1. The second-order valence-electron chi connectivity index (χ2n) is 3.78. The number of likely N-dealkylation sites (N-methyl/N-ethyl adjacent to an activating group) is 1. The molecule has 0 saturated carbocycles. The van der Waals surface area contributed by atoms with E-state index in [2.05, 4.69) is 20.7 Å². The van der Waals surface area contributed by atoms with E-state index >= 15 is 0 Å². The van der Waals surface area contributed by atoms with Crippen LogP contribution in [0.5, 0.6) is 0 Å². The molecule has 18 heavy (non-hydrogen) atoms. The summed E-state index contributed by atoms with van der Waals surface area (Å²) in [4.78, 5) is 23.7.